The molecule has 0 aliphatic rings. The first-order valence-corrected chi connectivity index (χ1v) is 5.57. The minimum Gasteiger partial charge on any atom is -0.505 e. The van der Waals surface area contributed by atoms with Crippen molar-refractivity contribution in [2.24, 2.45) is 5.73 Å². The van der Waals surface area contributed by atoms with Crippen molar-refractivity contribution in [3.8, 4) is 11.5 Å². The van der Waals surface area contributed by atoms with Gasteiger partial charge in [0.1, 0.15) is 11.5 Å². The van der Waals surface area contributed by atoms with Crippen molar-refractivity contribution in [1.82, 2.24) is 4.98 Å². The van der Waals surface area contributed by atoms with Crippen molar-refractivity contribution in [3.05, 3.63) is 30.0 Å². The van der Waals surface area contributed by atoms with E-state index in [4.69, 9.17) is 10.5 Å². The molecular weight excluding hydrogens is 232 g/mol. The number of aromatic nitrogens is 1. The number of amides is 1. The van der Waals surface area contributed by atoms with Crippen molar-refractivity contribution < 1.29 is 14.6 Å². The fourth-order valence-corrected chi connectivity index (χ4v) is 1.67. The van der Waals surface area contributed by atoms with Gasteiger partial charge in [0.15, 0.2) is 5.69 Å². The summed E-state index contributed by atoms with van der Waals surface area (Å²) in [5.74, 6) is -0.292. The lowest BCUT2D eigenvalue weighted by Crippen LogP contribution is -2.13. The molecule has 5 nitrogen and oxygen atoms in total. The third kappa shape index (κ3) is 2.34. The maximum absolute atomic E-state index is 11.1. The van der Waals surface area contributed by atoms with Crippen LogP contribution in [-0.2, 0) is 0 Å². The molecule has 1 aromatic heterocycles. The molecule has 0 fully saturated rings. The predicted octanol–water partition coefficient (Wildman–Crippen LogP) is 1.83. The molecule has 1 heterocycles. The number of aromatic hydroxyl groups is 1. The molecule has 0 radical (unpaired) electrons. The second-order valence-corrected chi connectivity index (χ2v) is 4.24. The van der Waals surface area contributed by atoms with E-state index in [1.54, 1.807) is 18.2 Å². The van der Waals surface area contributed by atoms with Crippen LogP contribution in [0.3, 0.4) is 0 Å². The molecule has 0 bridgehead atoms. The lowest BCUT2D eigenvalue weighted by Gasteiger charge is -2.10. The zero-order valence-corrected chi connectivity index (χ0v) is 10.2. The van der Waals surface area contributed by atoms with E-state index in [0.717, 1.165) is 0 Å². The number of hydrogen-bond donors (Lipinski definition) is 2. The first-order valence-electron chi connectivity index (χ1n) is 5.57. The summed E-state index contributed by atoms with van der Waals surface area (Å²) in [6.07, 6.45) is 0.0638. The number of carbonyl (C=O) groups excluding carboxylic acids is 1. The monoisotopic (exact) mass is 246 g/mol. The number of benzene rings is 1. The third-order valence-corrected chi connectivity index (χ3v) is 2.37. The quantitative estimate of drug-likeness (QED) is 0.865. The van der Waals surface area contributed by atoms with Gasteiger partial charge in [0.25, 0.3) is 5.91 Å². The second-order valence-electron chi connectivity index (χ2n) is 4.24. The summed E-state index contributed by atoms with van der Waals surface area (Å²) in [6.45, 7) is 3.85. The Bertz CT molecular complexity index is 608. The van der Waals surface area contributed by atoms with Crippen LogP contribution in [0.5, 0.6) is 11.5 Å². The maximum atomic E-state index is 11.1. The van der Waals surface area contributed by atoms with Crippen LogP contribution in [0.1, 0.15) is 24.3 Å². The van der Waals surface area contributed by atoms with Gasteiger partial charge in [-0.3, -0.25) is 4.79 Å². The molecule has 0 saturated carbocycles. The normalized spacial score (nSPS) is 10.8. The van der Waals surface area contributed by atoms with Gasteiger partial charge in [-0.2, -0.15) is 0 Å². The summed E-state index contributed by atoms with van der Waals surface area (Å²) < 4.78 is 5.54. The van der Waals surface area contributed by atoms with E-state index < -0.39 is 5.91 Å². The summed E-state index contributed by atoms with van der Waals surface area (Å²) in [5, 5.41) is 10.3. The molecule has 2 aromatic rings. The summed E-state index contributed by atoms with van der Waals surface area (Å²) in [5.41, 5.74) is 5.57. The van der Waals surface area contributed by atoms with Gasteiger partial charge in [-0.1, -0.05) is 0 Å². The topological polar surface area (TPSA) is 85.4 Å². The van der Waals surface area contributed by atoms with E-state index in [9.17, 15) is 9.90 Å². The molecule has 0 spiro atoms. The molecule has 0 unspecified atom stereocenters. The van der Waals surface area contributed by atoms with Gasteiger partial charge < -0.3 is 15.6 Å². The van der Waals surface area contributed by atoms with Crippen molar-refractivity contribution in [1.29, 1.82) is 0 Å². The number of nitrogens with two attached hydrogens (primary N) is 1. The molecule has 1 aromatic carbocycles. The summed E-state index contributed by atoms with van der Waals surface area (Å²) in [6, 6.07) is 6.69. The number of carbonyl (C=O) groups is 1. The highest BCUT2D eigenvalue weighted by Crippen LogP contribution is 2.25. The highest BCUT2D eigenvalue weighted by molar-refractivity contribution is 5.96. The second kappa shape index (κ2) is 4.52. The first kappa shape index (κ1) is 12.2. The van der Waals surface area contributed by atoms with Crippen LogP contribution in [0.2, 0.25) is 0 Å². The summed E-state index contributed by atoms with van der Waals surface area (Å²) in [7, 11) is 0. The van der Waals surface area contributed by atoms with Crippen molar-refractivity contribution >= 4 is 16.8 Å². The van der Waals surface area contributed by atoms with Crippen molar-refractivity contribution in [3.63, 3.8) is 0 Å². The minimum atomic E-state index is -0.753. The predicted molar refractivity (Wildman–Crippen MR) is 67.7 cm³/mol. The molecule has 0 atom stereocenters. The summed E-state index contributed by atoms with van der Waals surface area (Å²) >= 11 is 0. The van der Waals surface area contributed by atoms with Crippen LogP contribution in [0.4, 0.5) is 0 Å². The van der Waals surface area contributed by atoms with Gasteiger partial charge >= 0.3 is 0 Å². The molecule has 0 saturated heterocycles. The molecule has 2 rings (SSSR count). The number of rotatable bonds is 3. The highest BCUT2D eigenvalue weighted by Gasteiger charge is 2.11. The number of fused-ring (bicyclic) bond motifs is 1. The average molecular weight is 246 g/mol. The van der Waals surface area contributed by atoms with Gasteiger partial charge in [0, 0.05) is 5.39 Å². The Balaban J connectivity index is 2.52. The average Bonchev–Trinajstić information content (AvgIpc) is 2.26. The lowest BCUT2D eigenvalue weighted by atomic mass is 10.1. The Morgan fingerprint density at radius 1 is 1.39 bits per heavy atom. The van der Waals surface area contributed by atoms with Gasteiger partial charge in [-0.25, -0.2) is 4.98 Å². The van der Waals surface area contributed by atoms with Gasteiger partial charge in [0.05, 0.1) is 11.6 Å². The van der Waals surface area contributed by atoms with Crippen molar-refractivity contribution in [2.45, 2.75) is 20.0 Å². The number of hydrogen-bond acceptors (Lipinski definition) is 4. The van der Waals surface area contributed by atoms with Crippen molar-refractivity contribution in [2.75, 3.05) is 0 Å². The third-order valence-electron chi connectivity index (χ3n) is 2.37. The van der Waals surface area contributed by atoms with E-state index >= 15 is 0 Å². The Kier molecular flexibility index (Phi) is 3.06. The Hall–Kier alpha value is -2.30. The van der Waals surface area contributed by atoms with E-state index in [1.807, 2.05) is 13.8 Å². The van der Waals surface area contributed by atoms with E-state index in [1.165, 1.54) is 6.07 Å². The smallest absolute Gasteiger partial charge is 0.271 e. The number of nitrogens with zero attached hydrogens (tertiary/aromatic N) is 1. The fourth-order valence-electron chi connectivity index (χ4n) is 1.67. The molecule has 0 aliphatic carbocycles. The zero-order valence-electron chi connectivity index (χ0n) is 10.2. The SMILES string of the molecule is CC(C)Oc1ccc2nc(C(N)=O)c(O)cc2c1. The molecule has 1 amide bonds. The minimum absolute atomic E-state index is 0.0638. The maximum Gasteiger partial charge on any atom is 0.271 e. The van der Waals surface area contributed by atoms with Crippen LogP contribution in [0, 0.1) is 0 Å². The van der Waals surface area contributed by atoms with Crippen LogP contribution in [0.15, 0.2) is 24.3 Å². The van der Waals surface area contributed by atoms with E-state index in [0.29, 0.717) is 16.7 Å². The lowest BCUT2D eigenvalue weighted by molar-refractivity contribution is 0.0993. The Morgan fingerprint density at radius 2 is 2.11 bits per heavy atom. The van der Waals surface area contributed by atoms with Crippen LogP contribution in [0.25, 0.3) is 10.9 Å². The summed E-state index contributed by atoms with van der Waals surface area (Å²) in [4.78, 5) is 15.1. The van der Waals surface area contributed by atoms with Gasteiger partial charge in [0.2, 0.25) is 0 Å². The van der Waals surface area contributed by atoms with Gasteiger partial charge in [-0.05, 0) is 38.1 Å². The first-order chi connectivity index (χ1) is 8.47. The molecule has 5 heteroatoms. The van der Waals surface area contributed by atoms with Gasteiger partial charge in [-0.15, -0.1) is 0 Å². The number of ether oxygens (including phenoxy) is 1. The molecule has 18 heavy (non-hydrogen) atoms. The van der Waals surface area contributed by atoms with Crippen LogP contribution in [-0.4, -0.2) is 22.1 Å². The molecular formula is C13H14N2O3. The Morgan fingerprint density at radius 3 is 2.72 bits per heavy atom. The molecule has 3 N–H and O–H groups in total. The number of primary amides is 1. The highest BCUT2D eigenvalue weighted by atomic mass is 16.5. The number of pyridine rings is 1. The fraction of sp³-hybridized carbons (Fsp3) is 0.231. The Labute approximate surface area is 104 Å². The molecule has 94 valence electrons. The van der Waals surface area contributed by atoms with E-state index in [-0.39, 0.29) is 17.5 Å². The standard InChI is InChI=1S/C13H14N2O3/c1-7(2)18-9-3-4-10-8(5-9)6-11(16)12(15-10)13(14)17/h3-7,16H,1-2H3,(H2,14,17). The van der Waals surface area contributed by atoms with Crippen LogP contribution < -0.4 is 10.5 Å². The van der Waals surface area contributed by atoms with E-state index in [2.05, 4.69) is 4.98 Å². The largest absolute Gasteiger partial charge is 0.505 e. The van der Waals surface area contributed by atoms with Crippen LogP contribution >= 0.6 is 0 Å². The molecule has 0 aliphatic heterocycles. The zero-order chi connectivity index (χ0) is 13.3.